The summed E-state index contributed by atoms with van der Waals surface area (Å²) in [6, 6.07) is 2.00. The predicted molar refractivity (Wildman–Crippen MR) is 74.7 cm³/mol. The highest BCUT2D eigenvalue weighted by Crippen LogP contribution is 2.36. The fraction of sp³-hybridized carbons (Fsp3) is 0.308. The number of amides is 2. The van der Waals surface area contributed by atoms with Crippen molar-refractivity contribution in [1.29, 1.82) is 0 Å². The highest BCUT2D eigenvalue weighted by molar-refractivity contribution is 7.21. The molecule has 2 N–H and O–H groups in total. The van der Waals surface area contributed by atoms with Gasteiger partial charge in [0.25, 0.3) is 5.91 Å². The van der Waals surface area contributed by atoms with Gasteiger partial charge in [0.1, 0.15) is 9.71 Å². The Bertz CT molecular complexity index is 705. The molecule has 19 heavy (non-hydrogen) atoms. The summed E-state index contributed by atoms with van der Waals surface area (Å²) in [6.45, 7) is 4.06. The lowest BCUT2D eigenvalue weighted by Crippen LogP contribution is -2.28. The van der Waals surface area contributed by atoms with Gasteiger partial charge in [-0.3, -0.25) is 9.59 Å². The average Bonchev–Trinajstić information content (AvgIpc) is 2.66. The van der Waals surface area contributed by atoms with Crippen molar-refractivity contribution in [2.75, 3.05) is 11.9 Å². The lowest BCUT2D eigenvalue weighted by molar-refractivity contribution is -0.115. The Morgan fingerprint density at radius 2 is 2.21 bits per heavy atom. The van der Waals surface area contributed by atoms with Crippen LogP contribution in [-0.4, -0.2) is 23.3 Å². The van der Waals surface area contributed by atoms with Crippen LogP contribution in [0.2, 0.25) is 0 Å². The Kier molecular flexibility index (Phi) is 2.74. The third-order valence-corrected chi connectivity index (χ3v) is 4.29. The summed E-state index contributed by atoms with van der Waals surface area (Å²) >= 11 is 1.32. The Morgan fingerprint density at radius 3 is 2.95 bits per heavy atom. The molecule has 0 saturated heterocycles. The van der Waals surface area contributed by atoms with Gasteiger partial charge in [-0.25, -0.2) is 4.98 Å². The number of nitrogens with zero attached hydrogens (tertiary/aromatic N) is 1. The first-order chi connectivity index (χ1) is 9.10. The maximum atomic E-state index is 11.9. The summed E-state index contributed by atoms with van der Waals surface area (Å²) in [5, 5.41) is 6.22. The van der Waals surface area contributed by atoms with Gasteiger partial charge in [-0.2, -0.15) is 0 Å². The summed E-state index contributed by atoms with van der Waals surface area (Å²) in [4.78, 5) is 29.4. The Labute approximate surface area is 114 Å². The maximum absolute atomic E-state index is 11.9. The van der Waals surface area contributed by atoms with Gasteiger partial charge in [0.05, 0.1) is 12.2 Å². The van der Waals surface area contributed by atoms with Gasteiger partial charge in [0.15, 0.2) is 0 Å². The molecule has 0 radical (unpaired) electrons. The zero-order valence-corrected chi connectivity index (χ0v) is 11.5. The van der Waals surface area contributed by atoms with E-state index < -0.39 is 0 Å². The summed E-state index contributed by atoms with van der Waals surface area (Å²) < 4.78 is 0. The molecule has 1 aliphatic heterocycles. The first-order valence-corrected chi connectivity index (χ1v) is 6.93. The number of pyridine rings is 1. The molecule has 3 rings (SSSR count). The molecule has 0 aromatic carbocycles. The zero-order valence-electron chi connectivity index (χ0n) is 10.7. The summed E-state index contributed by atoms with van der Waals surface area (Å²) in [6.07, 6.45) is 0.850. The molecule has 0 fully saturated rings. The van der Waals surface area contributed by atoms with Gasteiger partial charge in [-0.05, 0) is 25.0 Å². The van der Waals surface area contributed by atoms with Crippen molar-refractivity contribution in [3.05, 3.63) is 22.2 Å². The Hall–Kier alpha value is -1.95. The van der Waals surface area contributed by atoms with E-state index in [1.807, 2.05) is 19.9 Å². The van der Waals surface area contributed by atoms with Crippen LogP contribution in [0.4, 0.5) is 5.69 Å². The van der Waals surface area contributed by atoms with Gasteiger partial charge >= 0.3 is 0 Å². The number of carbonyl (C=O) groups excluding carboxylic acids is 2. The van der Waals surface area contributed by atoms with Crippen molar-refractivity contribution >= 4 is 39.1 Å². The molecule has 0 unspecified atom stereocenters. The highest BCUT2D eigenvalue weighted by Gasteiger charge is 2.24. The number of fused-ring (bicyclic) bond motifs is 3. The van der Waals surface area contributed by atoms with Crippen LogP contribution in [0.25, 0.3) is 10.2 Å². The van der Waals surface area contributed by atoms with Crippen molar-refractivity contribution < 1.29 is 9.59 Å². The number of aryl methyl sites for hydroxylation is 2. The molecule has 0 spiro atoms. The molecule has 0 saturated carbocycles. The van der Waals surface area contributed by atoms with E-state index in [2.05, 4.69) is 15.6 Å². The van der Waals surface area contributed by atoms with Gasteiger partial charge in [0, 0.05) is 11.1 Å². The number of thiophene rings is 1. The van der Waals surface area contributed by atoms with E-state index in [4.69, 9.17) is 0 Å². The first kappa shape index (κ1) is 12.1. The van der Waals surface area contributed by atoms with E-state index in [-0.39, 0.29) is 18.4 Å². The molecule has 1 aliphatic rings. The topological polar surface area (TPSA) is 71.1 Å². The molecule has 2 amide bonds. The van der Waals surface area contributed by atoms with Gasteiger partial charge in [-0.15, -0.1) is 11.3 Å². The third-order valence-electron chi connectivity index (χ3n) is 3.19. The van der Waals surface area contributed by atoms with Crippen LogP contribution in [0.1, 0.15) is 27.9 Å². The minimum atomic E-state index is -0.216. The molecular weight excluding hydrogens is 262 g/mol. The van der Waals surface area contributed by atoms with E-state index in [0.717, 1.165) is 27.9 Å². The Balaban J connectivity index is 2.28. The normalized spacial score (nSPS) is 14.8. The molecule has 0 aliphatic carbocycles. The number of hydrogen-bond donors (Lipinski definition) is 2. The molecule has 2 aromatic rings. The molecule has 0 bridgehead atoms. The van der Waals surface area contributed by atoms with Crippen LogP contribution in [0.5, 0.6) is 0 Å². The number of hydrogen-bond acceptors (Lipinski definition) is 4. The standard InChI is InChI=1S/C13H13N3O2S/c1-3-8-6(2)4-7-10-11(19-13(7)15-8)12(18)14-5-9(17)16-10/h4H,3,5H2,1-2H3,(H,14,18)(H,16,17). The van der Waals surface area contributed by atoms with Crippen molar-refractivity contribution in [2.45, 2.75) is 20.3 Å². The largest absolute Gasteiger partial charge is 0.342 e. The SMILES string of the molecule is CCc1nc2sc3c(c2cc1C)NC(=O)CNC3=O. The van der Waals surface area contributed by atoms with Gasteiger partial charge in [0.2, 0.25) is 5.91 Å². The lowest BCUT2D eigenvalue weighted by Gasteiger charge is -2.04. The molecule has 5 nitrogen and oxygen atoms in total. The van der Waals surface area contributed by atoms with Crippen LogP contribution < -0.4 is 10.6 Å². The number of anilines is 1. The molecule has 0 atom stereocenters. The highest BCUT2D eigenvalue weighted by atomic mass is 32.1. The predicted octanol–water partition coefficient (Wildman–Crippen LogP) is 1.85. The molecule has 6 heteroatoms. The second-order valence-corrected chi connectivity index (χ2v) is 5.49. The van der Waals surface area contributed by atoms with Crippen LogP contribution in [0.3, 0.4) is 0 Å². The second-order valence-electron chi connectivity index (χ2n) is 4.50. The number of nitrogens with one attached hydrogen (secondary N) is 2. The van der Waals surface area contributed by atoms with E-state index in [0.29, 0.717) is 10.6 Å². The van der Waals surface area contributed by atoms with Crippen molar-refractivity contribution in [3.8, 4) is 0 Å². The van der Waals surface area contributed by atoms with Crippen LogP contribution >= 0.6 is 11.3 Å². The molecular formula is C13H13N3O2S. The average molecular weight is 275 g/mol. The van der Waals surface area contributed by atoms with Gasteiger partial charge < -0.3 is 10.6 Å². The van der Waals surface area contributed by atoms with Gasteiger partial charge in [-0.1, -0.05) is 6.92 Å². The third kappa shape index (κ3) is 1.88. The molecule has 3 heterocycles. The van der Waals surface area contributed by atoms with Crippen molar-refractivity contribution in [2.24, 2.45) is 0 Å². The van der Waals surface area contributed by atoms with Crippen LogP contribution in [0.15, 0.2) is 6.07 Å². The number of aromatic nitrogens is 1. The van der Waals surface area contributed by atoms with Crippen molar-refractivity contribution in [1.82, 2.24) is 10.3 Å². The fourth-order valence-electron chi connectivity index (χ4n) is 2.23. The quantitative estimate of drug-likeness (QED) is 0.834. The fourth-order valence-corrected chi connectivity index (χ4v) is 3.27. The number of carbonyl (C=O) groups is 2. The summed E-state index contributed by atoms with van der Waals surface area (Å²) in [5.74, 6) is -0.420. The Morgan fingerprint density at radius 1 is 1.42 bits per heavy atom. The number of rotatable bonds is 1. The monoisotopic (exact) mass is 275 g/mol. The lowest BCUT2D eigenvalue weighted by atomic mass is 10.1. The minimum absolute atomic E-state index is 0.0151. The maximum Gasteiger partial charge on any atom is 0.264 e. The molecule has 2 aromatic heterocycles. The van der Waals surface area contributed by atoms with Crippen molar-refractivity contribution in [3.63, 3.8) is 0 Å². The summed E-state index contributed by atoms with van der Waals surface area (Å²) in [5.41, 5.74) is 2.70. The second kappa shape index (κ2) is 4.31. The van der Waals surface area contributed by atoms with E-state index >= 15 is 0 Å². The van der Waals surface area contributed by atoms with E-state index in [9.17, 15) is 9.59 Å². The zero-order chi connectivity index (χ0) is 13.6. The van der Waals surface area contributed by atoms with E-state index in [1.165, 1.54) is 11.3 Å². The van der Waals surface area contributed by atoms with E-state index in [1.54, 1.807) is 0 Å². The minimum Gasteiger partial charge on any atom is -0.342 e. The smallest absolute Gasteiger partial charge is 0.264 e. The molecule has 98 valence electrons. The summed E-state index contributed by atoms with van der Waals surface area (Å²) in [7, 11) is 0. The first-order valence-electron chi connectivity index (χ1n) is 6.11. The van der Waals surface area contributed by atoms with Crippen LogP contribution in [-0.2, 0) is 11.2 Å². The van der Waals surface area contributed by atoms with Crippen LogP contribution in [0, 0.1) is 6.92 Å².